The summed E-state index contributed by atoms with van der Waals surface area (Å²) in [4.78, 5) is 0. The van der Waals surface area contributed by atoms with E-state index in [9.17, 15) is 5.11 Å². The molecule has 66 valence electrons. The molecular formula is C7H13ClO3. The van der Waals surface area contributed by atoms with E-state index >= 15 is 0 Å². The summed E-state index contributed by atoms with van der Waals surface area (Å²) in [5.41, 5.74) is 0. The van der Waals surface area contributed by atoms with Crippen LogP contribution in [-0.4, -0.2) is 36.6 Å². The summed E-state index contributed by atoms with van der Waals surface area (Å²) in [7, 11) is 0. The van der Waals surface area contributed by atoms with Gasteiger partial charge in [0.05, 0.1) is 6.61 Å². The molecule has 11 heavy (non-hydrogen) atoms. The van der Waals surface area contributed by atoms with Crippen molar-refractivity contribution in [2.24, 2.45) is 0 Å². The lowest BCUT2D eigenvalue weighted by atomic mass is 10.1. The second-order valence-corrected chi connectivity index (χ2v) is 2.89. The van der Waals surface area contributed by atoms with E-state index in [0.717, 1.165) is 12.8 Å². The predicted molar refractivity (Wildman–Crippen MR) is 41.7 cm³/mol. The van der Waals surface area contributed by atoms with Gasteiger partial charge in [-0.3, -0.25) is 0 Å². The highest BCUT2D eigenvalue weighted by Gasteiger charge is 2.23. The van der Waals surface area contributed by atoms with Crippen LogP contribution >= 0.6 is 11.6 Å². The van der Waals surface area contributed by atoms with Crippen molar-refractivity contribution in [1.82, 2.24) is 0 Å². The SMILES string of the molecule is OC1CCCOC1OCCCl. The van der Waals surface area contributed by atoms with Crippen LogP contribution in [0.25, 0.3) is 0 Å². The van der Waals surface area contributed by atoms with Crippen LogP contribution in [0.2, 0.25) is 0 Å². The van der Waals surface area contributed by atoms with E-state index in [1.165, 1.54) is 0 Å². The Labute approximate surface area is 71.2 Å². The molecule has 1 heterocycles. The summed E-state index contributed by atoms with van der Waals surface area (Å²) in [5, 5.41) is 9.30. The first-order chi connectivity index (χ1) is 5.34. The number of ether oxygens (including phenoxy) is 2. The molecule has 0 radical (unpaired) electrons. The average molecular weight is 181 g/mol. The molecule has 0 aromatic heterocycles. The maximum Gasteiger partial charge on any atom is 0.183 e. The summed E-state index contributed by atoms with van der Waals surface area (Å²) < 4.78 is 10.3. The van der Waals surface area contributed by atoms with Crippen molar-refractivity contribution < 1.29 is 14.6 Å². The van der Waals surface area contributed by atoms with Gasteiger partial charge >= 0.3 is 0 Å². The van der Waals surface area contributed by atoms with Crippen LogP contribution in [0.3, 0.4) is 0 Å². The van der Waals surface area contributed by atoms with Gasteiger partial charge in [0, 0.05) is 12.5 Å². The van der Waals surface area contributed by atoms with E-state index in [1.807, 2.05) is 0 Å². The molecule has 3 nitrogen and oxygen atoms in total. The number of hydrogen-bond donors (Lipinski definition) is 1. The van der Waals surface area contributed by atoms with Crippen molar-refractivity contribution in [2.45, 2.75) is 25.2 Å². The molecule has 0 aromatic rings. The van der Waals surface area contributed by atoms with Crippen molar-refractivity contribution in [1.29, 1.82) is 0 Å². The molecule has 0 aromatic carbocycles. The summed E-state index contributed by atoms with van der Waals surface area (Å²) in [5.74, 6) is 0.437. The lowest BCUT2D eigenvalue weighted by Crippen LogP contribution is -2.36. The van der Waals surface area contributed by atoms with Gasteiger partial charge in [-0.15, -0.1) is 11.6 Å². The number of aliphatic hydroxyl groups excluding tert-OH is 1. The van der Waals surface area contributed by atoms with Gasteiger partial charge in [-0.05, 0) is 12.8 Å². The number of aliphatic hydroxyl groups is 1. The molecule has 0 aliphatic carbocycles. The third-order valence-electron chi connectivity index (χ3n) is 1.60. The zero-order valence-corrected chi connectivity index (χ0v) is 7.09. The third kappa shape index (κ3) is 2.95. The number of halogens is 1. The molecule has 0 bridgehead atoms. The minimum absolute atomic E-state index is 0.434. The first kappa shape index (κ1) is 9.26. The average Bonchev–Trinajstić information content (AvgIpc) is 2.03. The monoisotopic (exact) mass is 180 g/mol. The Morgan fingerprint density at radius 1 is 1.64 bits per heavy atom. The van der Waals surface area contributed by atoms with Gasteiger partial charge in [-0.25, -0.2) is 0 Å². The Kier molecular flexibility index (Phi) is 4.15. The van der Waals surface area contributed by atoms with Gasteiger partial charge < -0.3 is 14.6 Å². The minimum Gasteiger partial charge on any atom is -0.388 e. The van der Waals surface area contributed by atoms with E-state index in [1.54, 1.807) is 0 Å². The first-order valence-electron chi connectivity index (χ1n) is 3.82. The smallest absolute Gasteiger partial charge is 0.183 e. The minimum atomic E-state index is -0.480. The Balaban J connectivity index is 2.18. The molecule has 2 unspecified atom stereocenters. The van der Waals surface area contributed by atoms with E-state index in [0.29, 0.717) is 19.1 Å². The fraction of sp³-hybridized carbons (Fsp3) is 1.00. The molecule has 1 rings (SSSR count). The Morgan fingerprint density at radius 2 is 2.45 bits per heavy atom. The number of rotatable bonds is 3. The molecule has 1 aliphatic heterocycles. The summed E-state index contributed by atoms with van der Waals surface area (Å²) >= 11 is 5.41. The predicted octanol–water partition coefficient (Wildman–Crippen LogP) is 0.739. The third-order valence-corrected chi connectivity index (χ3v) is 1.75. The van der Waals surface area contributed by atoms with Crippen LogP contribution < -0.4 is 0 Å². The van der Waals surface area contributed by atoms with Crippen molar-refractivity contribution in [2.75, 3.05) is 19.1 Å². The van der Waals surface area contributed by atoms with Crippen LogP contribution in [0.15, 0.2) is 0 Å². The van der Waals surface area contributed by atoms with E-state index in [2.05, 4.69) is 0 Å². The molecule has 1 aliphatic rings. The zero-order valence-electron chi connectivity index (χ0n) is 6.33. The highest BCUT2D eigenvalue weighted by Crippen LogP contribution is 2.14. The van der Waals surface area contributed by atoms with Crippen LogP contribution in [-0.2, 0) is 9.47 Å². The van der Waals surface area contributed by atoms with Crippen molar-refractivity contribution in [3.05, 3.63) is 0 Å². The van der Waals surface area contributed by atoms with Crippen molar-refractivity contribution in [3.63, 3.8) is 0 Å². The van der Waals surface area contributed by atoms with Gasteiger partial charge in [0.25, 0.3) is 0 Å². The normalized spacial score (nSPS) is 32.2. The molecule has 0 amide bonds. The molecule has 1 N–H and O–H groups in total. The molecule has 1 saturated heterocycles. The largest absolute Gasteiger partial charge is 0.388 e. The van der Waals surface area contributed by atoms with E-state index in [-0.39, 0.29) is 0 Å². The fourth-order valence-corrected chi connectivity index (χ4v) is 1.15. The lowest BCUT2D eigenvalue weighted by Gasteiger charge is -2.27. The lowest BCUT2D eigenvalue weighted by molar-refractivity contribution is -0.211. The maximum absolute atomic E-state index is 9.30. The van der Waals surface area contributed by atoms with Gasteiger partial charge in [-0.1, -0.05) is 0 Å². The zero-order chi connectivity index (χ0) is 8.10. The molecule has 2 atom stereocenters. The molecule has 0 saturated carbocycles. The van der Waals surface area contributed by atoms with E-state index < -0.39 is 12.4 Å². The summed E-state index contributed by atoms with van der Waals surface area (Å²) in [6, 6.07) is 0. The van der Waals surface area contributed by atoms with Gasteiger partial charge in [0.2, 0.25) is 0 Å². The van der Waals surface area contributed by atoms with Crippen LogP contribution in [0, 0.1) is 0 Å². The summed E-state index contributed by atoms with van der Waals surface area (Å²) in [6.45, 7) is 1.10. The molecule has 4 heteroatoms. The standard InChI is InChI=1S/C7H13ClO3/c8-3-5-11-7-6(9)2-1-4-10-7/h6-7,9H,1-5H2. The van der Waals surface area contributed by atoms with Crippen molar-refractivity contribution in [3.8, 4) is 0 Å². The molecular weight excluding hydrogens is 168 g/mol. The van der Waals surface area contributed by atoms with Gasteiger partial charge in [0.15, 0.2) is 6.29 Å². The highest BCUT2D eigenvalue weighted by atomic mass is 35.5. The second kappa shape index (κ2) is 4.93. The number of alkyl halides is 1. The summed E-state index contributed by atoms with van der Waals surface area (Å²) in [6.07, 6.45) is 0.726. The van der Waals surface area contributed by atoms with Crippen LogP contribution in [0.4, 0.5) is 0 Å². The van der Waals surface area contributed by atoms with E-state index in [4.69, 9.17) is 21.1 Å². The Bertz CT molecular complexity index is 110. The fourth-order valence-electron chi connectivity index (χ4n) is 1.06. The first-order valence-corrected chi connectivity index (χ1v) is 4.35. The molecule has 1 fully saturated rings. The number of hydrogen-bond acceptors (Lipinski definition) is 3. The Hall–Kier alpha value is 0.170. The second-order valence-electron chi connectivity index (χ2n) is 2.51. The van der Waals surface area contributed by atoms with Gasteiger partial charge in [0.1, 0.15) is 6.10 Å². The van der Waals surface area contributed by atoms with Crippen LogP contribution in [0.5, 0.6) is 0 Å². The van der Waals surface area contributed by atoms with Crippen LogP contribution in [0.1, 0.15) is 12.8 Å². The Morgan fingerprint density at radius 3 is 3.09 bits per heavy atom. The molecule has 0 spiro atoms. The highest BCUT2D eigenvalue weighted by molar-refractivity contribution is 6.17. The van der Waals surface area contributed by atoms with Gasteiger partial charge in [-0.2, -0.15) is 0 Å². The van der Waals surface area contributed by atoms with Crippen molar-refractivity contribution >= 4 is 11.6 Å². The maximum atomic E-state index is 9.30. The quantitative estimate of drug-likeness (QED) is 0.652. The topological polar surface area (TPSA) is 38.7 Å².